The van der Waals surface area contributed by atoms with Gasteiger partial charge in [-0.25, -0.2) is 0 Å². The molecule has 2 heterocycles. The van der Waals surface area contributed by atoms with Crippen molar-refractivity contribution in [1.82, 2.24) is 9.47 Å². The summed E-state index contributed by atoms with van der Waals surface area (Å²) in [6.07, 6.45) is 1.67. The first-order valence-corrected chi connectivity index (χ1v) is 11.6. The maximum atomic E-state index is 13.7. The van der Waals surface area contributed by atoms with Crippen LogP contribution in [0.4, 0.5) is 5.69 Å². The first-order chi connectivity index (χ1) is 17.1. The van der Waals surface area contributed by atoms with Crippen molar-refractivity contribution in [2.75, 3.05) is 45.3 Å². The minimum absolute atomic E-state index is 0.0804. The van der Waals surface area contributed by atoms with Gasteiger partial charge >= 0.3 is 0 Å². The van der Waals surface area contributed by atoms with E-state index in [9.17, 15) is 9.59 Å². The first-order valence-electron chi connectivity index (χ1n) is 11.6. The maximum Gasteiger partial charge on any atom is 0.262 e. The van der Waals surface area contributed by atoms with Crippen LogP contribution in [0.2, 0.25) is 0 Å². The van der Waals surface area contributed by atoms with Crippen LogP contribution in [-0.4, -0.2) is 55.8 Å². The topological polar surface area (TPSA) is 64.0 Å². The Morgan fingerprint density at radius 2 is 1.43 bits per heavy atom. The zero-order valence-electron chi connectivity index (χ0n) is 19.8. The minimum atomic E-state index is -0.164. The fraction of sp³-hybridized carbons (Fsp3) is 0.214. The molecule has 1 aliphatic rings. The van der Waals surface area contributed by atoms with Crippen molar-refractivity contribution in [2.45, 2.75) is 0 Å². The number of ether oxygens (including phenoxy) is 2. The Morgan fingerprint density at radius 1 is 0.771 bits per heavy atom. The lowest BCUT2D eigenvalue weighted by atomic mass is 10.1. The van der Waals surface area contributed by atoms with E-state index in [4.69, 9.17) is 9.47 Å². The number of carbonyl (C=O) groups excluding carboxylic acids is 1. The summed E-state index contributed by atoms with van der Waals surface area (Å²) in [4.78, 5) is 31.1. The summed E-state index contributed by atoms with van der Waals surface area (Å²) in [7, 11) is 3.27. The highest BCUT2D eigenvalue weighted by molar-refractivity contribution is 6.06. The Kier molecular flexibility index (Phi) is 6.14. The summed E-state index contributed by atoms with van der Waals surface area (Å²) in [5.41, 5.74) is 2.06. The van der Waals surface area contributed by atoms with Crippen LogP contribution in [0.3, 0.4) is 0 Å². The Balaban J connectivity index is 1.47. The number of rotatable bonds is 5. The number of anilines is 1. The molecule has 7 nitrogen and oxygen atoms in total. The minimum Gasteiger partial charge on any atom is -0.497 e. The second kappa shape index (κ2) is 9.54. The summed E-state index contributed by atoms with van der Waals surface area (Å²) in [6, 6.07) is 22.4. The number of carbonyl (C=O) groups is 1. The molecule has 35 heavy (non-hydrogen) atoms. The molecule has 0 radical (unpaired) electrons. The van der Waals surface area contributed by atoms with Crippen molar-refractivity contribution in [2.24, 2.45) is 0 Å². The highest BCUT2D eigenvalue weighted by atomic mass is 16.5. The monoisotopic (exact) mass is 469 g/mol. The zero-order valence-corrected chi connectivity index (χ0v) is 19.8. The highest BCUT2D eigenvalue weighted by Gasteiger charge is 2.26. The van der Waals surface area contributed by atoms with Crippen molar-refractivity contribution < 1.29 is 14.3 Å². The van der Waals surface area contributed by atoms with Crippen molar-refractivity contribution in [3.8, 4) is 17.2 Å². The molecule has 1 aliphatic heterocycles. The summed E-state index contributed by atoms with van der Waals surface area (Å²) in [5, 5.41) is 1.18. The third-order valence-electron chi connectivity index (χ3n) is 6.50. The van der Waals surface area contributed by atoms with Gasteiger partial charge < -0.3 is 19.3 Å². The third-order valence-corrected chi connectivity index (χ3v) is 6.50. The number of fused-ring (bicyclic) bond motifs is 1. The average molecular weight is 470 g/mol. The predicted octanol–water partition coefficient (Wildman–Crippen LogP) is 3.97. The Bertz CT molecular complexity index is 1420. The Labute approximate surface area is 203 Å². The van der Waals surface area contributed by atoms with E-state index in [0.717, 1.165) is 11.4 Å². The van der Waals surface area contributed by atoms with E-state index in [1.54, 1.807) is 43.2 Å². The van der Waals surface area contributed by atoms with Gasteiger partial charge in [0.05, 0.1) is 25.5 Å². The number of nitrogens with zero attached hydrogens (tertiary/aromatic N) is 3. The van der Waals surface area contributed by atoms with Crippen LogP contribution in [0.5, 0.6) is 11.5 Å². The molecule has 1 fully saturated rings. The smallest absolute Gasteiger partial charge is 0.262 e. The number of piperazine rings is 1. The molecule has 3 aromatic carbocycles. The molecule has 0 N–H and O–H groups in total. The standard InChI is InChI=1S/C28H27N3O4/c1-34-21-13-11-20(12-14-21)31-19-24(22-7-3-4-8-23(22)28(31)33)27(32)30-17-15-29(16-18-30)25-9-5-6-10-26(25)35-2/h3-14,19H,15-18H2,1-2H3. The number of hydrogen-bond acceptors (Lipinski definition) is 5. The van der Waals surface area contributed by atoms with Gasteiger partial charge in [0.15, 0.2) is 0 Å². The predicted molar refractivity (Wildman–Crippen MR) is 137 cm³/mol. The van der Waals surface area contributed by atoms with Crippen LogP contribution in [0, 0.1) is 0 Å². The number of amides is 1. The maximum absolute atomic E-state index is 13.7. The fourth-order valence-electron chi connectivity index (χ4n) is 4.61. The van der Waals surface area contributed by atoms with Crippen LogP contribution in [0.15, 0.2) is 83.8 Å². The van der Waals surface area contributed by atoms with Crippen molar-refractivity contribution in [1.29, 1.82) is 0 Å². The molecule has 0 unspecified atom stereocenters. The van der Waals surface area contributed by atoms with E-state index in [1.165, 1.54) is 0 Å². The lowest BCUT2D eigenvalue weighted by Crippen LogP contribution is -2.49. The second-order valence-corrected chi connectivity index (χ2v) is 8.41. The molecule has 178 valence electrons. The third kappa shape index (κ3) is 4.21. The molecular formula is C28H27N3O4. The second-order valence-electron chi connectivity index (χ2n) is 8.41. The molecule has 5 rings (SSSR count). The Hall–Kier alpha value is -4.26. The van der Waals surface area contributed by atoms with E-state index < -0.39 is 0 Å². The van der Waals surface area contributed by atoms with Crippen LogP contribution >= 0.6 is 0 Å². The van der Waals surface area contributed by atoms with Crippen LogP contribution in [-0.2, 0) is 0 Å². The molecule has 0 aliphatic carbocycles. The average Bonchev–Trinajstić information content (AvgIpc) is 2.93. The lowest BCUT2D eigenvalue weighted by Gasteiger charge is -2.36. The molecule has 1 saturated heterocycles. The van der Waals surface area contributed by atoms with Gasteiger partial charge in [-0.15, -0.1) is 0 Å². The van der Waals surface area contributed by atoms with Crippen molar-refractivity contribution in [3.63, 3.8) is 0 Å². The van der Waals surface area contributed by atoms with E-state index in [-0.39, 0.29) is 11.5 Å². The van der Waals surface area contributed by atoms with E-state index >= 15 is 0 Å². The van der Waals surface area contributed by atoms with Crippen molar-refractivity contribution >= 4 is 22.4 Å². The lowest BCUT2D eigenvalue weighted by molar-refractivity contribution is 0.0748. The van der Waals surface area contributed by atoms with E-state index in [0.29, 0.717) is 54.0 Å². The molecule has 0 atom stereocenters. The van der Waals surface area contributed by atoms with Gasteiger partial charge in [-0.1, -0.05) is 30.3 Å². The van der Waals surface area contributed by atoms with Gasteiger partial charge in [0, 0.05) is 48.8 Å². The summed E-state index contributed by atoms with van der Waals surface area (Å²) < 4.78 is 12.3. The first kappa shape index (κ1) is 22.5. The van der Waals surface area contributed by atoms with Gasteiger partial charge in [-0.3, -0.25) is 14.2 Å². The number of aromatic nitrogens is 1. The zero-order chi connectivity index (χ0) is 24.4. The number of pyridine rings is 1. The van der Waals surface area contributed by atoms with Crippen molar-refractivity contribution in [3.05, 3.63) is 94.9 Å². The normalized spacial score (nSPS) is 13.7. The molecule has 0 bridgehead atoms. The fourth-order valence-corrected chi connectivity index (χ4v) is 4.61. The molecule has 4 aromatic rings. The number of methoxy groups -OCH3 is 2. The van der Waals surface area contributed by atoms with E-state index in [2.05, 4.69) is 4.90 Å². The largest absolute Gasteiger partial charge is 0.497 e. The Morgan fingerprint density at radius 3 is 2.11 bits per heavy atom. The van der Waals surface area contributed by atoms with E-state index in [1.807, 2.05) is 59.5 Å². The molecule has 1 amide bonds. The van der Waals surface area contributed by atoms with Crippen LogP contribution in [0.1, 0.15) is 10.4 Å². The number of hydrogen-bond donors (Lipinski definition) is 0. The number of benzene rings is 3. The molecular weight excluding hydrogens is 442 g/mol. The van der Waals surface area contributed by atoms with Gasteiger partial charge in [-0.2, -0.15) is 0 Å². The summed E-state index contributed by atoms with van der Waals surface area (Å²) in [6.45, 7) is 2.55. The summed E-state index contributed by atoms with van der Waals surface area (Å²) >= 11 is 0. The SMILES string of the molecule is COc1ccc(-n2cc(C(=O)N3CCN(c4ccccc4OC)CC3)c3ccccc3c2=O)cc1. The molecule has 0 spiro atoms. The quantitative estimate of drug-likeness (QED) is 0.443. The van der Waals surface area contributed by atoms with Gasteiger partial charge in [-0.05, 0) is 42.5 Å². The number of para-hydroxylation sites is 2. The summed E-state index contributed by atoms with van der Waals surface area (Å²) in [5.74, 6) is 1.44. The van der Waals surface area contributed by atoms with Gasteiger partial charge in [0.1, 0.15) is 11.5 Å². The van der Waals surface area contributed by atoms with Crippen LogP contribution < -0.4 is 19.9 Å². The molecule has 1 aromatic heterocycles. The van der Waals surface area contributed by atoms with Gasteiger partial charge in [0.2, 0.25) is 0 Å². The van der Waals surface area contributed by atoms with Crippen LogP contribution in [0.25, 0.3) is 16.5 Å². The molecule has 0 saturated carbocycles. The molecule has 7 heteroatoms. The highest BCUT2D eigenvalue weighted by Crippen LogP contribution is 2.29. The van der Waals surface area contributed by atoms with Gasteiger partial charge in [0.25, 0.3) is 11.5 Å².